The van der Waals surface area contributed by atoms with Crippen LogP contribution >= 0.6 is 0 Å². The Kier molecular flexibility index (Phi) is 4.78. The molecule has 0 radical (unpaired) electrons. The van der Waals surface area contributed by atoms with Gasteiger partial charge in [-0.3, -0.25) is 4.98 Å². The quantitative estimate of drug-likeness (QED) is 0.261. The SMILES string of the molecule is c1ccc(-c2ccc(N(c3ccc4ccccc4c3)c3ccc4oc5ccncc5c4c3)cc2)cc1. The summed E-state index contributed by atoms with van der Waals surface area (Å²) >= 11 is 0. The molecule has 0 fully saturated rings. The van der Waals surface area contributed by atoms with Gasteiger partial charge < -0.3 is 9.32 Å². The molecule has 2 heterocycles. The number of hydrogen-bond donors (Lipinski definition) is 0. The summed E-state index contributed by atoms with van der Waals surface area (Å²) in [7, 11) is 0. The van der Waals surface area contributed by atoms with Gasteiger partial charge in [0.25, 0.3) is 0 Å². The van der Waals surface area contributed by atoms with Crippen LogP contribution in [0.2, 0.25) is 0 Å². The number of rotatable bonds is 4. The highest BCUT2D eigenvalue weighted by atomic mass is 16.3. The van der Waals surface area contributed by atoms with Crippen molar-refractivity contribution in [2.24, 2.45) is 0 Å². The van der Waals surface area contributed by atoms with Crippen LogP contribution in [0.25, 0.3) is 43.8 Å². The average Bonchev–Trinajstić information content (AvgIpc) is 3.32. The zero-order chi connectivity index (χ0) is 23.9. The number of aromatic nitrogens is 1. The molecule has 0 N–H and O–H groups in total. The summed E-state index contributed by atoms with van der Waals surface area (Å²) in [5, 5.41) is 4.51. The van der Waals surface area contributed by atoms with E-state index in [1.807, 2.05) is 18.3 Å². The first kappa shape index (κ1) is 20.5. The zero-order valence-electron chi connectivity index (χ0n) is 19.5. The maximum atomic E-state index is 6.06. The van der Waals surface area contributed by atoms with Crippen molar-refractivity contribution in [3.05, 3.63) is 134 Å². The molecular weight excluding hydrogens is 440 g/mol. The van der Waals surface area contributed by atoms with Gasteiger partial charge in [0.2, 0.25) is 0 Å². The summed E-state index contributed by atoms with van der Waals surface area (Å²) in [6.45, 7) is 0. The molecule has 0 aliphatic rings. The summed E-state index contributed by atoms with van der Waals surface area (Å²) in [4.78, 5) is 6.63. The summed E-state index contributed by atoms with van der Waals surface area (Å²) in [6.07, 6.45) is 3.64. The van der Waals surface area contributed by atoms with E-state index in [4.69, 9.17) is 4.42 Å². The van der Waals surface area contributed by atoms with Crippen LogP contribution in [0.4, 0.5) is 17.1 Å². The van der Waals surface area contributed by atoms with Crippen LogP contribution in [-0.4, -0.2) is 4.98 Å². The molecule has 7 aromatic rings. The average molecular weight is 463 g/mol. The first-order valence-electron chi connectivity index (χ1n) is 12.0. The lowest BCUT2D eigenvalue weighted by atomic mass is 10.0. The first-order valence-corrected chi connectivity index (χ1v) is 12.0. The fraction of sp³-hybridized carbons (Fsp3) is 0. The molecule has 0 aliphatic heterocycles. The molecule has 0 atom stereocenters. The molecule has 0 spiro atoms. The molecule has 0 saturated heterocycles. The maximum Gasteiger partial charge on any atom is 0.138 e. The van der Waals surface area contributed by atoms with E-state index in [9.17, 15) is 0 Å². The van der Waals surface area contributed by atoms with E-state index in [0.717, 1.165) is 39.0 Å². The van der Waals surface area contributed by atoms with Crippen LogP contribution in [0, 0.1) is 0 Å². The van der Waals surface area contributed by atoms with E-state index in [0.29, 0.717) is 0 Å². The van der Waals surface area contributed by atoms with Gasteiger partial charge in [-0.1, -0.05) is 72.8 Å². The van der Waals surface area contributed by atoms with Crippen LogP contribution in [0.5, 0.6) is 0 Å². The number of furan rings is 1. The largest absolute Gasteiger partial charge is 0.456 e. The summed E-state index contributed by atoms with van der Waals surface area (Å²) in [6, 6.07) is 42.6. The van der Waals surface area contributed by atoms with Crippen molar-refractivity contribution < 1.29 is 4.42 Å². The van der Waals surface area contributed by atoms with E-state index in [1.54, 1.807) is 6.20 Å². The molecule has 36 heavy (non-hydrogen) atoms. The highest BCUT2D eigenvalue weighted by Gasteiger charge is 2.16. The highest BCUT2D eigenvalue weighted by molar-refractivity contribution is 6.06. The molecule has 0 unspecified atom stereocenters. The highest BCUT2D eigenvalue weighted by Crippen LogP contribution is 2.39. The van der Waals surface area contributed by atoms with E-state index in [2.05, 4.69) is 119 Å². The van der Waals surface area contributed by atoms with Gasteiger partial charge >= 0.3 is 0 Å². The molecule has 0 saturated carbocycles. The van der Waals surface area contributed by atoms with Crippen molar-refractivity contribution in [2.75, 3.05) is 4.90 Å². The topological polar surface area (TPSA) is 29.3 Å². The fourth-order valence-corrected chi connectivity index (χ4v) is 4.94. The third-order valence-electron chi connectivity index (χ3n) is 6.74. The molecule has 3 nitrogen and oxygen atoms in total. The number of pyridine rings is 1. The fourth-order valence-electron chi connectivity index (χ4n) is 4.94. The number of benzene rings is 5. The van der Waals surface area contributed by atoms with Gasteiger partial charge in [0.1, 0.15) is 11.2 Å². The molecular formula is C33H22N2O. The second-order valence-electron chi connectivity index (χ2n) is 8.93. The summed E-state index contributed by atoms with van der Waals surface area (Å²) in [5.41, 5.74) is 7.37. The smallest absolute Gasteiger partial charge is 0.138 e. The predicted octanol–water partition coefficient (Wildman–Crippen LogP) is 9.27. The van der Waals surface area contributed by atoms with Crippen molar-refractivity contribution in [2.45, 2.75) is 0 Å². The van der Waals surface area contributed by atoms with Crippen LogP contribution < -0.4 is 4.90 Å². The molecule has 0 aliphatic carbocycles. The first-order chi connectivity index (χ1) is 17.8. The Hall–Kier alpha value is -4.89. The molecule has 3 heteroatoms. The Bertz CT molecular complexity index is 1840. The van der Waals surface area contributed by atoms with Crippen LogP contribution in [0.3, 0.4) is 0 Å². The van der Waals surface area contributed by atoms with Gasteiger partial charge in [-0.25, -0.2) is 0 Å². The number of nitrogens with zero attached hydrogens (tertiary/aromatic N) is 2. The predicted molar refractivity (Wildman–Crippen MR) is 149 cm³/mol. The monoisotopic (exact) mass is 462 g/mol. The van der Waals surface area contributed by atoms with Gasteiger partial charge in [0.05, 0.1) is 0 Å². The van der Waals surface area contributed by atoms with Crippen molar-refractivity contribution in [1.29, 1.82) is 0 Å². The van der Waals surface area contributed by atoms with Crippen molar-refractivity contribution in [3.63, 3.8) is 0 Å². The summed E-state index contributed by atoms with van der Waals surface area (Å²) < 4.78 is 6.06. The Morgan fingerprint density at radius 1 is 0.500 bits per heavy atom. The molecule has 5 aromatic carbocycles. The maximum absolute atomic E-state index is 6.06. The van der Waals surface area contributed by atoms with Gasteiger partial charge in [-0.15, -0.1) is 0 Å². The third kappa shape index (κ3) is 3.50. The van der Waals surface area contributed by atoms with E-state index in [1.165, 1.54) is 21.9 Å². The molecule has 7 rings (SSSR count). The van der Waals surface area contributed by atoms with Gasteiger partial charge in [0.15, 0.2) is 0 Å². The Morgan fingerprint density at radius 3 is 2.03 bits per heavy atom. The Morgan fingerprint density at radius 2 is 1.17 bits per heavy atom. The standard InChI is InChI=1S/C33H22N2O/c1-2-6-23(7-3-1)25-10-13-27(14-11-25)35(28-15-12-24-8-4-5-9-26(24)20-28)29-16-17-32-30(21-29)31-22-34-19-18-33(31)36-32/h1-22H. The summed E-state index contributed by atoms with van der Waals surface area (Å²) in [5.74, 6) is 0. The lowest BCUT2D eigenvalue weighted by Crippen LogP contribution is -2.09. The van der Waals surface area contributed by atoms with Crippen LogP contribution in [0.1, 0.15) is 0 Å². The lowest BCUT2D eigenvalue weighted by molar-refractivity contribution is 0.668. The van der Waals surface area contributed by atoms with Gasteiger partial charge in [-0.2, -0.15) is 0 Å². The second-order valence-corrected chi connectivity index (χ2v) is 8.93. The van der Waals surface area contributed by atoms with Gasteiger partial charge in [0, 0.05) is 40.2 Å². The minimum Gasteiger partial charge on any atom is -0.456 e. The minimum absolute atomic E-state index is 0.849. The van der Waals surface area contributed by atoms with Gasteiger partial charge in [-0.05, 0) is 70.4 Å². The van der Waals surface area contributed by atoms with Crippen molar-refractivity contribution >= 4 is 49.8 Å². The van der Waals surface area contributed by atoms with Crippen LogP contribution in [0.15, 0.2) is 138 Å². The Labute approximate surface area is 208 Å². The van der Waals surface area contributed by atoms with E-state index < -0.39 is 0 Å². The molecule has 2 aromatic heterocycles. The number of fused-ring (bicyclic) bond motifs is 4. The van der Waals surface area contributed by atoms with Crippen LogP contribution in [-0.2, 0) is 0 Å². The van der Waals surface area contributed by atoms with Crippen molar-refractivity contribution in [1.82, 2.24) is 4.98 Å². The second kappa shape index (κ2) is 8.40. The molecule has 0 bridgehead atoms. The molecule has 0 amide bonds. The number of hydrogen-bond acceptors (Lipinski definition) is 3. The van der Waals surface area contributed by atoms with E-state index in [-0.39, 0.29) is 0 Å². The normalized spacial score (nSPS) is 11.3. The van der Waals surface area contributed by atoms with E-state index >= 15 is 0 Å². The minimum atomic E-state index is 0.849. The van der Waals surface area contributed by atoms with Crippen molar-refractivity contribution in [3.8, 4) is 11.1 Å². The third-order valence-corrected chi connectivity index (χ3v) is 6.74. The molecule has 170 valence electrons. The zero-order valence-corrected chi connectivity index (χ0v) is 19.5. The lowest BCUT2D eigenvalue weighted by Gasteiger charge is -2.26. The Balaban J connectivity index is 1.41. The number of anilines is 3.